The van der Waals surface area contributed by atoms with Crippen molar-refractivity contribution in [2.75, 3.05) is 24.0 Å². The molecule has 2 aromatic heterocycles. The molecule has 2 aromatic rings. The number of pyridine rings is 1. The molecule has 5 nitrogen and oxygen atoms in total. The first kappa shape index (κ1) is 14.7. The number of rotatable bonds is 6. The van der Waals surface area contributed by atoms with Crippen LogP contribution in [0.4, 0.5) is 5.82 Å². The lowest BCUT2D eigenvalue weighted by Gasteiger charge is -2.25. The van der Waals surface area contributed by atoms with Crippen LogP contribution >= 0.6 is 11.8 Å². The number of carboxylic acid groups (broad SMARTS) is 1. The van der Waals surface area contributed by atoms with E-state index in [1.54, 1.807) is 22.4 Å². The monoisotopic (exact) mass is 293 g/mol. The number of aromatic carboxylic acids is 1. The summed E-state index contributed by atoms with van der Waals surface area (Å²) in [4.78, 5) is 18.0. The quantitative estimate of drug-likeness (QED) is 0.887. The van der Waals surface area contributed by atoms with Crippen molar-refractivity contribution < 1.29 is 9.90 Å². The Kier molecular flexibility index (Phi) is 4.54. The summed E-state index contributed by atoms with van der Waals surface area (Å²) in [7, 11) is 1.90. The van der Waals surface area contributed by atoms with Gasteiger partial charge < -0.3 is 10.0 Å². The molecule has 1 atom stereocenters. The Morgan fingerprint density at radius 3 is 2.95 bits per heavy atom. The van der Waals surface area contributed by atoms with Crippen molar-refractivity contribution in [1.82, 2.24) is 9.38 Å². The van der Waals surface area contributed by atoms with Crippen LogP contribution in [-0.4, -0.2) is 45.6 Å². The summed E-state index contributed by atoms with van der Waals surface area (Å²) in [5, 5.41) is 9.47. The van der Waals surface area contributed by atoms with Crippen molar-refractivity contribution in [3.05, 3.63) is 30.1 Å². The maximum Gasteiger partial charge on any atom is 0.356 e. The third-order valence-corrected chi connectivity index (χ3v) is 4.09. The molecule has 0 saturated carbocycles. The van der Waals surface area contributed by atoms with Crippen LogP contribution in [0.1, 0.15) is 23.8 Å². The predicted molar refractivity (Wildman–Crippen MR) is 83.0 cm³/mol. The second kappa shape index (κ2) is 6.17. The summed E-state index contributed by atoms with van der Waals surface area (Å²) in [6.45, 7) is 2.09. The Morgan fingerprint density at radius 1 is 1.55 bits per heavy atom. The summed E-state index contributed by atoms with van der Waals surface area (Å²) < 4.78 is 1.62. The minimum atomic E-state index is -0.956. The average Bonchev–Trinajstić information content (AvgIpc) is 2.83. The van der Waals surface area contributed by atoms with E-state index in [9.17, 15) is 9.90 Å². The van der Waals surface area contributed by atoms with Crippen molar-refractivity contribution in [3.8, 4) is 0 Å². The van der Waals surface area contributed by atoms with E-state index in [0.29, 0.717) is 11.5 Å². The number of hydrogen-bond donors (Lipinski definition) is 1. The van der Waals surface area contributed by atoms with Gasteiger partial charge in [0.25, 0.3) is 0 Å². The number of carboxylic acids is 1. The van der Waals surface area contributed by atoms with Gasteiger partial charge in [0.1, 0.15) is 5.65 Å². The Morgan fingerprint density at radius 2 is 2.30 bits per heavy atom. The molecule has 0 bridgehead atoms. The number of anilines is 1. The molecule has 108 valence electrons. The zero-order chi connectivity index (χ0) is 14.7. The molecule has 0 saturated heterocycles. The number of hydrogen-bond acceptors (Lipinski definition) is 4. The fourth-order valence-electron chi connectivity index (χ4n) is 2.12. The highest BCUT2D eigenvalue weighted by molar-refractivity contribution is 7.98. The van der Waals surface area contributed by atoms with E-state index >= 15 is 0 Å². The van der Waals surface area contributed by atoms with Crippen molar-refractivity contribution >= 4 is 29.2 Å². The summed E-state index contributed by atoms with van der Waals surface area (Å²) in [6.07, 6.45) is 4.79. The van der Waals surface area contributed by atoms with E-state index in [1.165, 1.54) is 0 Å². The second-order valence-electron chi connectivity index (χ2n) is 4.76. The van der Waals surface area contributed by atoms with Crippen LogP contribution in [0.15, 0.2) is 24.4 Å². The fraction of sp³-hybridized carbons (Fsp3) is 0.429. The zero-order valence-electron chi connectivity index (χ0n) is 11.9. The first-order chi connectivity index (χ1) is 9.56. The molecule has 0 aliphatic carbocycles. The van der Waals surface area contributed by atoms with Crippen LogP contribution in [0, 0.1) is 0 Å². The molecule has 2 heterocycles. The summed E-state index contributed by atoms with van der Waals surface area (Å²) in [5.41, 5.74) is 0.878. The molecule has 0 radical (unpaired) electrons. The van der Waals surface area contributed by atoms with E-state index in [-0.39, 0.29) is 11.7 Å². The second-order valence-corrected chi connectivity index (χ2v) is 5.75. The average molecular weight is 293 g/mol. The molecule has 0 spiro atoms. The van der Waals surface area contributed by atoms with E-state index < -0.39 is 5.97 Å². The van der Waals surface area contributed by atoms with E-state index in [1.807, 2.05) is 30.1 Å². The molecule has 0 amide bonds. The topological polar surface area (TPSA) is 57.8 Å². The van der Waals surface area contributed by atoms with Crippen LogP contribution in [0.25, 0.3) is 5.65 Å². The van der Waals surface area contributed by atoms with Crippen LogP contribution in [0.3, 0.4) is 0 Å². The number of imidazole rings is 1. The standard InChI is InChI=1S/C14H19N3O2S/c1-10(7-9-20-3)16(2)13-12(14(18)19)17-8-5-4-6-11(17)15-13/h4-6,8,10H,7,9H2,1-3H3,(H,18,19). The van der Waals surface area contributed by atoms with Crippen molar-refractivity contribution in [3.63, 3.8) is 0 Å². The minimum absolute atomic E-state index is 0.221. The Hall–Kier alpha value is -1.69. The lowest BCUT2D eigenvalue weighted by Crippen LogP contribution is -2.31. The van der Waals surface area contributed by atoms with Gasteiger partial charge in [-0.3, -0.25) is 4.40 Å². The van der Waals surface area contributed by atoms with Gasteiger partial charge in [-0.05, 0) is 37.5 Å². The summed E-state index contributed by atoms with van der Waals surface area (Å²) in [5.74, 6) is 0.612. The number of nitrogens with zero attached hydrogens (tertiary/aromatic N) is 3. The van der Waals surface area contributed by atoms with Crippen molar-refractivity contribution in [2.45, 2.75) is 19.4 Å². The molecule has 0 fully saturated rings. The van der Waals surface area contributed by atoms with Gasteiger partial charge in [-0.25, -0.2) is 9.78 Å². The molecule has 0 aromatic carbocycles. The smallest absolute Gasteiger partial charge is 0.356 e. The lowest BCUT2D eigenvalue weighted by molar-refractivity contribution is 0.0690. The van der Waals surface area contributed by atoms with Gasteiger partial charge >= 0.3 is 5.97 Å². The van der Waals surface area contributed by atoms with E-state index in [4.69, 9.17) is 0 Å². The maximum absolute atomic E-state index is 11.5. The number of carbonyl (C=O) groups is 1. The highest BCUT2D eigenvalue weighted by Crippen LogP contribution is 2.23. The third-order valence-electron chi connectivity index (χ3n) is 3.45. The number of fused-ring (bicyclic) bond motifs is 1. The molecule has 6 heteroatoms. The molecule has 2 rings (SSSR count). The van der Waals surface area contributed by atoms with E-state index in [2.05, 4.69) is 18.2 Å². The van der Waals surface area contributed by atoms with Gasteiger partial charge in [0.15, 0.2) is 11.5 Å². The number of thioether (sulfide) groups is 1. The minimum Gasteiger partial charge on any atom is -0.476 e. The fourth-order valence-corrected chi connectivity index (χ4v) is 2.70. The third kappa shape index (κ3) is 2.75. The predicted octanol–water partition coefficient (Wildman–Crippen LogP) is 2.61. The van der Waals surface area contributed by atoms with Crippen molar-refractivity contribution in [1.29, 1.82) is 0 Å². The normalized spacial score (nSPS) is 12.6. The number of aromatic nitrogens is 2. The first-order valence-electron chi connectivity index (χ1n) is 6.48. The Bertz CT molecular complexity index is 611. The molecule has 1 unspecified atom stereocenters. The molecule has 1 N–H and O–H groups in total. The van der Waals surface area contributed by atoms with Crippen LogP contribution in [0.5, 0.6) is 0 Å². The summed E-state index contributed by atoms with van der Waals surface area (Å²) in [6, 6.07) is 5.72. The largest absolute Gasteiger partial charge is 0.476 e. The van der Waals surface area contributed by atoms with Gasteiger partial charge in [-0.2, -0.15) is 11.8 Å². The van der Waals surface area contributed by atoms with Crippen LogP contribution in [-0.2, 0) is 0 Å². The van der Waals surface area contributed by atoms with Gasteiger partial charge in [0, 0.05) is 19.3 Å². The lowest BCUT2D eigenvalue weighted by atomic mass is 10.2. The van der Waals surface area contributed by atoms with Crippen molar-refractivity contribution in [2.24, 2.45) is 0 Å². The molecule has 0 aliphatic rings. The molecular formula is C14H19N3O2S. The maximum atomic E-state index is 11.5. The SMILES string of the molecule is CSCCC(C)N(C)c1nc2ccccn2c1C(=O)O. The van der Waals surface area contributed by atoms with E-state index in [0.717, 1.165) is 12.2 Å². The van der Waals surface area contributed by atoms with Crippen LogP contribution < -0.4 is 4.90 Å². The summed E-state index contributed by atoms with van der Waals surface area (Å²) >= 11 is 1.79. The Labute approximate surface area is 122 Å². The molecule has 0 aliphatic heterocycles. The molecular weight excluding hydrogens is 274 g/mol. The zero-order valence-corrected chi connectivity index (χ0v) is 12.7. The van der Waals surface area contributed by atoms with Gasteiger partial charge in [0.2, 0.25) is 0 Å². The van der Waals surface area contributed by atoms with Gasteiger partial charge in [-0.15, -0.1) is 0 Å². The molecule has 20 heavy (non-hydrogen) atoms. The Balaban J connectivity index is 2.42. The van der Waals surface area contributed by atoms with Crippen LogP contribution in [0.2, 0.25) is 0 Å². The van der Waals surface area contributed by atoms with Gasteiger partial charge in [-0.1, -0.05) is 6.07 Å². The first-order valence-corrected chi connectivity index (χ1v) is 7.87. The highest BCUT2D eigenvalue weighted by atomic mass is 32.2. The highest BCUT2D eigenvalue weighted by Gasteiger charge is 2.23. The van der Waals surface area contributed by atoms with Gasteiger partial charge in [0.05, 0.1) is 0 Å².